The fourth-order valence-corrected chi connectivity index (χ4v) is 5.46. The van der Waals surface area contributed by atoms with Crippen LogP contribution in [-0.4, -0.2) is 72.1 Å². The van der Waals surface area contributed by atoms with Crippen LogP contribution in [0.3, 0.4) is 0 Å². The van der Waals surface area contributed by atoms with Gasteiger partial charge in [0.2, 0.25) is 0 Å². The number of likely N-dealkylation sites (tertiary alicyclic amines) is 1. The molecule has 0 spiro atoms. The van der Waals surface area contributed by atoms with Crippen LogP contribution in [0.4, 0.5) is 0 Å². The van der Waals surface area contributed by atoms with Crippen molar-refractivity contribution >= 4 is 17.4 Å². The second-order valence-electron chi connectivity index (χ2n) is 11.1. The minimum absolute atomic E-state index is 0.0475. The van der Waals surface area contributed by atoms with Gasteiger partial charge in [0, 0.05) is 25.1 Å². The first-order valence-corrected chi connectivity index (χ1v) is 14.9. The van der Waals surface area contributed by atoms with Crippen LogP contribution >= 0.6 is 0 Å². The van der Waals surface area contributed by atoms with Crippen molar-refractivity contribution in [1.29, 1.82) is 0 Å². The molecule has 1 N–H and O–H groups in total. The Hall–Kier alpha value is -3.52. The molecule has 0 saturated carbocycles. The number of hydrogen-bond acceptors (Lipinski definition) is 7. The number of fused-ring (bicyclic) bond motifs is 1. The number of Topliss-reactive ketones (excluding diaryl/α,β-unsaturated/α-hetero) is 1. The Balaban J connectivity index is 1.78. The van der Waals surface area contributed by atoms with Gasteiger partial charge in [-0.25, -0.2) is 0 Å². The van der Waals surface area contributed by atoms with Gasteiger partial charge in [-0.05, 0) is 80.7 Å². The number of carbonyl (C=O) groups is 2. The summed E-state index contributed by atoms with van der Waals surface area (Å²) in [6.45, 7) is 15.9. The van der Waals surface area contributed by atoms with Crippen LogP contribution in [0.15, 0.2) is 42.0 Å². The van der Waals surface area contributed by atoms with Crippen molar-refractivity contribution in [1.82, 2.24) is 9.80 Å². The van der Waals surface area contributed by atoms with E-state index in [0.29, 0.717) is 61.3 Å². The van der Waals surface area contributed by atoms with Gasteiger partial charge >= 0.3 is 0 Å². The molecule has 0 unspecified atom stereocenters. The highest BCUT2D eigenvalue weighted by Gasteiger charge is 2.46. The molecule has 2 aliphatic heterocycles. The maximum atomic E-state index is 13.6. The first-order valence-electron chi connectivity index (χ1n) is 14.9. The van der Waals surface area contributed by atoms with Gasteiger partial charge in [-0.1, -0.05) is 33.8 Å². The number of amides is 1. The van der Waals surface area contributed by atoms with Gasteiger partial charge in [0.05, 0.1) is 24.8 Å². The molecule has 0 aromatic heterocycles. The van der Waals surface area contributed by atoms with Gasteiger partial charge in [-0.3, -0.25) is 9.59 Å². The average molecular weight is 565 g/mol. The molecule has 2 aliphatic rings. The second kappa shape index (κ2) is 13.4. The normalized spacial score (nSPS) is 19.7. The summed E-state index contributed by atoms with van der Waals surface area (Å²) in [6, 6.07) is 10.2. The number of aliphatic hydroxyl groups is 1. The number of ether oxygens (including phenoxy) is 3. The second-order valence-corrected chi connectivity index (χ2v) is 11.1. The lowest BCUT2D eigenvalue weighted by atomic mass is 9.94. The van der Waals surface area contributed by atoms with Crippen molar-refractivity contribution in [3.05, 3.63) is 58.7 Å². The Labute approximate surface area is 243 Å². The van der Waals surface area contributed by atoms with E-state index in [1.807, 2.05) is 44.2 Å². The zero-order valence-corrected chi connectivity index (χ0v) is 25.2. The third-order valence-electron chi connectivity index (χ3n) is 7.80. The van der Waals surface area contributed by atoms with E-state index in [1.54, 1.807) is 11.0 Å². The molecular weight excluding hydrogens is 520 g/mol. The van der Waals surface area contributed by atoms with Gasteiger partial charge in [0.15, 0.2) is 11.5 Å². The van der Waals surface area contributed by atoms with E-state index in [9.17, 15) is 14.7 Å². The molecule has 222 valence electrons. The molecule has 1 saturated heterocycles. The summed E-state index contributed by atoms with van der Waals surface area (Å²) in [6.07, 6.45) is 1.67. The highest BCUT2D eigenvalue weighted by molar-refractivity contribution is 6.46. The number of benzene rings is 2. The minimum Gasteiger partial charge on any atom is -0.507 e. The Kier molecular flexibility index (Phi) is 9.97. The van der Waals surface area contributed by atoms with Gasteiger partial charge in [0.25, 0.3) is 11.7 Å². The van der Waals surface area contributed by atoms with E-state index in [0.717, 1.165) is 30.8 Å². The van der Waals surface area contributed by atoms with Crippen LogP contribution in [0.1, 0.15) is 70.7 Å². The molecular formula is C33H44N2O6. The SMILES string of the molecule is CCOc1cc([C@@H]2/C(=C(\O)c3ccc4c(c3)C[C@H](C)O4)C(=O)C(=O)N2CCN(CC)CC)ccc1OCCC(C)C. The van der Waals surface area contributed by atoms with Crippen LogP contribution in [-0.2, 0) is 16.0 Å². The first-order chi connectivity index (χ1) is 19.7. The quantitative estimate of drug-likeness (QED) is 0.193. The largest absolute Gasteiger partial charge is 0.507 e. The van der Waals surface area contributed by atoms with Crippen molar-refractivity contribution in [2.45, 2.75) is 66.5 Å². The molecule has 2 heterocycles. The lowest BCUT2D eigenvalue weighted by molar-refractivity contribution is -0.140. The zero-order valence-electron chi connectivity index (χ0n) is 25.2. The fourth-order valence-electron chi connectivity index (χ4n) is 5.46. The maximum Gasteiger partial charge on any atom is 0.295 e. The van der Waals surface area contributed by atoms with Crippen LogP contribution in [0.2, 0.25) is 0 Å². The third-order valence-corrected chi connectivity index (χ3v) is 7.80. The van der Waals surface area contributed by atoms with E-state index in [1.165, 1.54) is 0 Å². The number of hydrogen-bond donors (Lipinski definition) is 1. The van der Waals surface area contributed by atoms with Gasteiger partial charge in [0.1, 0.15) is 17.6 Å². The number of ketones is 1. The molecule has 0 bridgehead atoms. The first kappa shape index (κ1) is 30.4. The van der Waals surface area contributed by atoms with Crippen LogP contribution < -0.4 is 14.2 Å². The molecule has 0 aliphatic carbocycles. The van der Waals surface area contributed by atoms with E-state index in [4.69, 9.17) is 14.2 Å². The van der Waals surface area contributed by atoms with E-state index in [-0.39, 0.29) is 17.4 Å². The molecule has 2 atom stereocenters. The number of likely N-dealkylation sites (N-methyl/N-ethyl adjacent to an activating group) is 1. The maximum absolute atomic E-state index is 13.6. The monoisotopic (exact) mass is 564 g/mol. The van der Waals surface area contributed by atoms with Crippen molar-refractivity contribution < 1.29 is 28.9 Å². The smallest absolute Gasteiger partial charge is 0.295 e. The van der Waals surface area contributed by atoms with Crippen molar-refractivity contribution in [3.8, 4) is 17.2 Å². The summed E-state index contributed by atoms with van der Waals surface area (Å²) < 4.78 is 17.8. The summed E-state index contributed by atoms with van der Waals surface area (Å²) in [5.41, 5.74) is 2.22. The molecule has 41 heavy (non-hydrogen) atoms. The zero-order chi connectivity index (χ0) is 29.7. The highest BCUT2D eigenvalue weighted by Crippen LogP contribution is 2.43. The standard InChI is InChI=1S/C33H44N2O6/c1-7-34(8-2)15-16-35-30(23-10-13-27(28(20-23)39-9-3)40-17-14-21(4)5)29(32(37)33(35)38)31(36)24-11-12-26-25(19-24)18-22(6)41-26/h10-13,19-22,30,36H,7-9,14-18H2,1-6H3/b31-29+/t22-,30+/m0/s1. The topological polar surface area (TPSA) is 88.5 Å². The predicted molar refractivity (Wildman–Crippen MR) is 160 cm³/mol. The molecule has 8 heteroatoms. The Morgan fingerprint density at radius 1 is 1.07 bits per heavy atom. The van der Waals surface area contributed by atoms with Crippen LogP contribution in [0.25, 0.3) is 5.76 Å². The van der Waals surface area contributed by atoms with Gasteiger partial charge in [-0.2, -0.15) is 0 Å². The Bertz CT molecular complexity index is 1280. The van der Waals surface area contributed by atoms with E-state index >= 15 is 0 Å². The number of aliphatic hydroxyl groups excluding tert-OH is 1. The molecule has 8 nitrogen and oxygen atoms in total. The molecule has 0 radical (unpaired) electrons. The number of rotatable bonds is 13. The third kappa shape index (κ3) is 6.70. The average Bonchev–Trinajstić information content (AvgIpc) is 3.44. The molecule has 2 aromatic carbocycles. The fraction of sp³-hybridized carbons (Fsp3) is 0.515. The lowest BCUT2D eigenvalue weighted by Crippen LogP contribution is -2.38. The summed E-state index contributed by atoms with van der Waals surface area (Å²) >= 11 is 0. The summed E-state index contributed by atoms with van der Waals surface area (Å²) in [7, 11) is 0. The molecule has 1 fully saturated rings. The Morgan fingerprint density at radius 2 is 1.83 bits per heavy atom. The van der Waals surface area contributed by atoms with Gasteiger partial charge < -0.3 is 29.1 Å². The van der Waals surface area contributed by atoms with Gasteiger partial charge in [-0.15, -0.1) is 0 Å². The molecule has 4 rings (SSSR count). The Morgan fingerprint density at radius 3 is 2.51 bits per heavy atom. The molecule has 2 aromatic rings. The number of carbonyl (C=O) groups excluding carboxylic acids is 2. The van der Waals surface area contributed by atoms with Crippen molar-refractivity contribution in [2.75, 3.05) is 39.4 Å². The molecule has 1 amide bonds. The minimum atomic E-state index is -0.766. The van der Waals surface area contributed by atoms with Crippen molar-refractivity contribution in [3.63, 3.8) is 0 Å². The highest BCUT2D eigenvalue weighted by atomic mass is 16.5. The predicted octanol–water partition coefficient (Wildman–Crippen LogP) is 5.60. The van der Waals surface area contributed by atoms with Crippen LogP contribution in [0.5, 0.6) is 17.2 Å². The van der Waals surface area contributed by atoms with E-state index < -0.39 is 17.7 Å². The lowest BCUT2D eigenvalue weighted by Gasteiger charge is -2.28. The summed E-state index contributed by atoms with van der Waals surface area (Å²) in [4.78, 5) is 30.8. The number of nitrogens with zero attached hydrogens (tertiary/aromatic N) is 2. The van der Waals surface area contributed by atoms with E-state index in [2.05, 4.69) is 32.6 Å². The van der Waals surface area contributed by atoms with Crippen LogP contribution in [0, 0.1) is 5.92 Å². The summed E-state index contributed by atoms with van der Waals surface area (Å²) in [5, 5.41) is 11.6. The van der Waals surface area contributed by atoms with Crippen molar-refractivity contribution in [2.24, 2.45) is 5.92 Å². The summed E-state index contributed by atoms with van der Waals surface area (Å²) in [5.74, 6) is 0.959.